The van der Waals surface area contributed by atoms with E-state index in [1.807, 2.05) is 30.3 Å². The highest BCUT2D eigenvalue weighted by molar-refractivity contribution is 5.91. The van der Waals surface area contributed by atoms with Crippen molar-refractivity contribution in [3.8, 4) is 11.8 Å². The van der Waals surface area contributed by atoms with Gasteiger partial charge in [0.1, 0.15) is 0 Å². The molecule has 0 fully saturated rings. The number of hydrogen-bond donors (Lipinski definition) is 1. The minimum absolute atomic E-state index is 0.247. The number of furan rings is 1. The SMILES string of the molecule is CC#CC(=O)OC(C(=O)NCc1ccccc1)c1ccco1. The maximum atomic E-state index is 12.3. The zero-order valence-corrected chi connectivity index (χ0v) is 12.0. The molecule has 5 heteroatoms. The van der Waals surface area contributed by atoms with Crippen LogP contribution in [0, 0.1) is 11.8 Å². The van der Waals surface area contributed by atoms with E-state index in [9.17, 15) is 9.59 Å². The zero-order chi connectivity index (χ0) is 15.8. The van der Waals surface area contributed by atoms with Gasteiger partial charge in [0.05, 0.1) is 6.26 Å². The lowest BCUT2D eigenvalue weighted by atomic mass is 10.2. The molecule has 1 amide bonds. The molecule has 0 radical (unpaired) electrons. The predicted octanol–water partition coefficient (Wildman–Crippen LogP) is 2.20. The van der Waals surface area contributed by atoms with Gasteiger partial charge in [0.2, 0.25) is 6.10 Å². The summed E-state index contributed by atoms with van der Waals surface area (Å²) in [6.07, 6.45) is 0.249. The summed E-state index contributed by atoms with van der Waals surface area (Å²) < 4.78 is 10.2. The fourth-order valence-corrected chi connectivity index (χ4v) is 1.80. The molecule has 5 nitrogen and oxygen atoms in total. The van der Waals surface area contributed by atoms with E-state index in [1.54, 1.807) is 12.1 Å². The average Bonchev–Trinajstić information content (AvgIpc) is 3.06. The molecule has 1 N–H and O–H groups in total. The van der Waals surface area contributed by atoms with Gasteiger partial charge in [-0.3, -0.25) is 4.79 Å². The van der Waals surface area contributed by atoms with Crippen LogP contribution in [0.5, 0.6) is 0 Å². The van der Waals surface area contributed by atoms with Crippen LogP contribution in [0.3, 0.4) is 0 Å². The van der Waals surface area contributed by atoms with Crippen LogP contribution in [0.4, 0.5) is 0 Å². The minimum Gasteiger partial charge on any atom is -0.465 e. The molecule has 0 aliphatic heterocycles. The fraction of sp³-hybridized carbons (Fsp3) is 0.176. The molecule has 0 aliphatic rings. The summed E-state index contributed by atoms with van der Waals surface area (Å²) in [6, 6.07) is 12.6. The fourth-order valence-electron chi connectivity index (χ4n) is 1.80. The van der Waals surface area contributed by atoms with E-state index in [4.69, 9.17) is 9.15 Å². The molecule has 0 saturated heterocycles. The molecule has 1 unspecified atom stereocenters. The Balaban J connectivity index is 2.05. The van der Waals surface area contributed by atoms with Gasteiger partial charge < -0.3 is 14.5 Å². The van der Waals surface area contributed by atoms with Crippen molar-refractivity contribution in [3.05, 3.63) is 60.1 Å². The lowest BCUT2D eigenvalue weighted by Gasteiger charge is -2.14. The number of rotatable bonds is 5. The van der Waals surface area contributed by atoms with Gasteiger partial charge in [-0.2, -0.15) is 0 Å². The average molecular weight is 297 g/mol. The van der Waals surface area contributed by atoms with Gasteiger partial charge in [-0.05, 0) is 24.6 Å². The second kappa shape index (κ2) is 7.70. The monoisotopic (exact) mass is 297 g/mol. The molecule has 2 aromatic rings. The molecular formula is C17H15NO4. The molecule has 2 rings (SSSR count). The molecule has 1 atom stereocenters. The highest BCUT2D eigenvalue weighted by Crippen LogP contribution is 2.18. The smallest absolute Gasteiger partial charge is 0.385 e. The van der Waals surface area contributed by atoms with Crippen molar-refractivity contribution >= 4 is 11.9 Å². The van der Waals surface area contributed by atoms with Crippen LogP contribution in [-0.4, -0.2) is 11.9 Å². The summed E-state index contributed by atoms with van der Waals surface area (Å²) >= 11 is 0. The molecule has 22 heavy (non-hydrogen) atoms. The first-order valence-electron chi connectivity index (χ1n) is 6.69. The third kappa shape index (κ3) is 4.25. The Hall–Kier alpha value is -3.00. The van der Waals surface area contributed by atoms with Crippen LogP contribution in [0.1, 0.15) is 24.4 Å². The Bertz CT molecular complexity index is 680. The molecule has 1 heterocycles. The van der Waals surface area contributed by atoms with Crippen molar-refractivity contribution in [1.29, 1.82) is 0 Å². The van der Waals surface area contributed by atoms with Crippen molar-refractivity contribution in [3.63, 3.8) is 0 Å². The van der Waals surface area contributed by atoms with Crippen molar-refractivity contribution < 1.29 is 18.7 Å². The molecule has 0 bridgehead atoms. The van der Waals surface area contributed by atoms with Gasteiger partial charge >= 0.3 is 5.97 Å². The Morgan fingerprint density at radius 2 is 2.00 bits per heavy atom. The molecule has 0 aliphatic carbocycles. The van der Waals surface area contributed by atoms with E-state index in [0.29, 0.717) is 6.54 Å². The first-order chi connectivity index (χ1) is 10.7. The van der Waals surface area contributed by atoms with E-state index < -0.39 is 18.0 Å². The van der Waals surface area contributed by atoms with Gasteiger partial charge in [-0.25, -0.2) is 4.79 Å². The summed E-state index contributed by atoms with van der Waals surface area (Å²) in [6.45, 7) is 1.84. The molecule has 1 aromatic carbocycles. The van der Waals surface area contributed by atoms with Crippen LogP contribution < -0.4 is 5.32 Å². The number of carbonyl (C=O) groups excluding carboxylic acids is 2. The highest BCUT2D eigenvalue weighted by Gasteiger charge is 2.26. The second-order valence-electron chi connectivity index (χ2n) is 4.38. The molecule has 0 saturated carbocycles. The van der Waals surface area contributed by atoms with Gasteiger partial charge in [0, 0.05) is 12.5 Å². The Morgan fingerprint density at radius 1 is 1.23 bits per heavy atom. The Labute approximate surface area is 128 Å². The topological polar surface area (TPSA) is 68.5 Å². The number of nitrogens with one attached hydrogen (secondary N) is 1. The van der Waals surface area contributed by atoms with Gasteiger partial charge in [0.15, 0.2) is 5.76 Å². The number of hydrogen-bond acceptors (Lipinski definition) is 4. The van der Waals surface area contributed by atoms with Crippen molar-refractivity contribution in [2.75, 3.05) is 0 Å². The van der Waals surface area contributed by atoms with E-state index in [1.165, 1.54) is 13.2 Å². The Kier molecular flexibility index (Phi) is 5.38. The maximum absolute atomic E-state index is 12.3. The summed E-state index contributed by atoms with van der Waals surface area (Å²) in [7, 11) is 0. The minimum atomic E-state index is -1.16. The summed E-state index contributed by atoms with van der Waals surface area (Å²) in [5.74, 6) is 3.66. The third-order valence-corrected chi connectivity index (χ3v) is 2.80. The van der Waals surface area contributed by atoms with Gasteiger partial charge in [0.25, 0.3) is 5.91 Å². The second-order valence-corrected chi connectivity index (χ2v) is 4.38. The number of benzene rings is 1. The summed E-state index contributed by atoms with van der Waals surface area (Å²) in [5.41, 5.74) is 0.939. The van der Waals surface area contributed by atoms with E-state index in [-0.39, 0.29) is 5.76 Å². The van der Waals surface area contributed by atoms with Crippen molar-refractivity contribution in [1.82, 2.24) is 5.32 Å². The van der Waals surface area contributed by atoms with E-state index >= 15 is 0 Å². The quantitative estimate of drug-likeness (QED) is 0.522. The summed E-state index contributed by atoms with van der Waals surface area (Å²) in [4.78, 5) is 23.8. The molecule has 1 aromatic heterocycles. The van der Waals surface area contributed by atoms with Crippen LogP contribution in [0.15, 0.2) is 53.1 Å². The third-order valence-electron chi connectivity index (χ3n) is 2.80. The first kappa shape index (κ1) is 15.4. The largest absolute Gasteiger partial charge is 0.465 e. The number of esters is 1. The van der Waals surface area contributed by atoms with Gasteiger partial charge in [-0.1, -0.05) is 36.3 Å². The van der Waals surface area contributed by atoms with Crippen molar-refractivity contribution in [2.45, 2.75) is 19.6 Å². The van der Waals surface area contributed by atoms with E-state index in [0.717, 1.165) is 5.56 Å². The van der Waals surface area contributed by atoms with Crippen LogP contribution in [-0.2, 0) is 20.9 Å². The standard InChI is InChI=1S/C17H15NO4/c1-2-7-15(19)22-16(14-10-6-11-21-14)17(20)18-12-13-8-4-3-5-9-13/h3-6,8-11,16H,12H2,1H3,(H,18,20). The Morgan fingerprint density at radius 3 is 2.64 bits per heavy atom. The predicted molar refractivity (Wildman–Crippen MR) is 79.3 cm³/mol. The number of carbonyl (C=O) groups is 2. The number of ether oxygens (including phenoxy) is 1. The summed E-state index contributed by atoms with van der Waals surface area (Å²) in [5, 5.41) is 2.71. The van der Waals surface area contributed by atoms with Crippen LogP contribution in [0.2, 0.25) is 0 Å². The molecular weight excluding hydrogens is 282 g/mol. The molecule has 112 valence electrons. The first-order valence-corrected chi connectivity index (χ1v) is 6.69. The van der Waals surface area contributed by atoms with Crippen LogP contribution in [0.25, 0.3) is 0 Å². The zero-order valence-electron chi connectivity index (χ0n) is 12.0. The van der Waals surface area contributed by atoms with Gasteiger partial charge in [-0.15, -0.1) is 0 Å². The van der Waals surface area contributed by atoms with E-state index in [2.05, 4.69) is 17.2 Å². The van der Waals surface area contributed by atoms with Crippen LogP contribution >= 0.6 is 0 Å². The lowest BCUT2D eigenvalue weighted by Crippen LogP contribution is -2.31. The van der Waals surface area contributed by atoms with Crippen molar-refractivity contribution in [2.24, 2.45) is 0 Å². The maximum Gasteiger partial charge on any atom is 0.385 e. The highest BCUT2D eigenvalue weighted by atomic mass is 16.6. The number of amides is 1. The molecule has 0 spiro atoms. The lowest BCUT2D eigenvalue weighted by molar-refractivity contribution is -0.152. The normalized spacial score (nSPS) is 11.0.